The fourth-order valence-corrected chi connectivity index (χ4v) is 5.02. The van der Waals surface area contributed by atoms with Crippen molar-refractivity contribution in [2.45, 2.75) is 51.4 Å². The number of fused-ring (bicyclic) bond motifs is 1. The van der Waals surface area contributed by atoms with Crippen molar-refractivity contribution in [3.8, 4) is 16.6 Å². The number of ether oxygens (including phenoxy) is 1. The van der Waals surface area contributed by atoms with Crippen LogP contribution in [0.4, 0.5) is 0 Å². The molecule has 8 heteroatoms. The van der Waals surface area contributed by atoms with Crippen LogP contribution in [0.1, 0.15) is 48.9 Å². The van der Waals surface area contributed by atoms with E-state index >= 15 is 0 Å². The van der Waals surface area contributed by atoms with Gasteiger partial charge < -0.3 is 15.2 Å². The predicted molar refractivity (Wildman–Crippen MR) is 118 cm³/mol. The first-order chi connectivity index (χ1) is 15.0. The Balaban J connectivity index is 1.57. The molecular weight excluding hydrogens is 412 g/mol. The first-order valence-electron chi connectivity index (χ1n) is 10.3. The van der Waals surface area contributed by atoms with Crippen molar-refractivity contribution < 1.29 is 14.6 Å². The molecule has 2 aliphatic carbocycles. The Morgan fingerprint density at radius 2 is 2.19 bits per heavy atom. The van der Waals surface area contributed by atoms with Gasteiger partial charge in [-0.2, -0.15) is 5.26 Å². The van der Waals surface area contributed by atoms with Gasteiger partial charge in [-0.25, -0.2) is 0 Å². The number of aliphatic carboxylic acids is 1. The summed E-state index contributed by atoms with van der Waals surface area (Å²) in [5.74, 6) is -0.857. The minimum absolute atomic E-state index is 0.0403. The average molecular weight is 437 g/mol. The summed E-state index contributed by atoms with van der Waals surface area (Å²) in [5.41, 5.74) is 4.88. The molecule has 7 nitrogen and oxygen atoms in total. The minimum atomic E-state index is -0.857. The Labute approximate surface area is 185 Å². The van der Waals surface area contributed by atoms with Gasteiger partial charge in [0.25, 0.3) is 0 Å². The number of hydrogen-bond acceptors (Lipinski definition) is 7. The molecule has 2 aliphatic rings. The molecule has 0 saturated carbocycles. The lowest BCUT2D eigenvalue weighted by Gasteiger charge is -2.21. The van der Waals surface area contributed by atoms with E-state index in [0.29, 0.717) is 12.0 Å². The summed E-state index contributed by atoms with van der Waals surface area (Å²) in [5, 5.41) is 32.0. The number of aromatic nitrogens is 2. The van der Waals surface area contributed by atoms with Crippen LogP contribution in [-0.4, -0.2) is 40.0 Å². The van der Waals surface area contributed by atoms with Gasteiger partial charge in [0.15, 0.2) is 0 Å². The van der Waals surface area contributed by atoms with E-state index in [4.69, 9.17) is 9.84 Å². The number of nitrogens with one attached hydrogen (secondary N) is 1. The molecule has 160 valence electrons. The van der Waals surface area contributed by atoms with Gasteiger partial charge in [-0.3, -0.25) is 4.79 Å². The molecule has 0 saturated heterocycles. The van der Waals surface area contributed by atoms with Crippen LogP contribution in [0.2, 0.25) is 0 Å². The highest BCUT2D eigenvalue weighted by molar-refractivity contribution is 7.15. The Hall–Kier alpha value is -2.86. The summed E-state index contributed by atoms with van der Waals surface area (Å²) < 4.78 is 5.84. The van der Waals surface area contributed by atoms with Crippen molar-refractivity contribution >= 4 is 22.9 Å². The number of rotatable bonds is 7. The van der Waals surface area contributed by atoms with E-state index in [1.54, 1.807) is 0 Å². The molecule has 31 heavy (non-hydrogen) atoms. The monoisotopic (exact) mass is 436 g/mol. The minimum Gasteiger partial charge on any atom is -0.480 e. The highest BCUT2D eigenvalue weighted by Crippen LogP contribution is 2.39. The number of carbonyl (C=O) groups is 1. The smallest absolute Gasteiger partial charge is 0.317 e. The van der Waals surface area contributed by atoms with Crippen LogP contribution >= 0.6 is 11.3 Å². The van der Waals surface area contributed by atoms with Crippen LogP contribution in [-0.2, 0) is 16.0 Å². The quantitative estimate of drug-likeness (QED) is 0.678. The Bertz CT molecular complexity index is 1100. The van der Waals surface area contributed by atoms with E-state index < -0.39 is 5.97 Å². The van der Waals surface area contributed by atoms with Crippen molar-refractivity contribution in [3.63, 3.8) is 0 Å². The predicted octanol–water partition coefficient (Wildman–Crippen LogP) is 3.90. The Kier molecular flexibility index (Phi) is 6.28. The fourth-order valence-electron chi connectivity index (χ4n) is 4.12. The maximum Gasteiger partial charge on any atom is 0.317 e. The number of carboxylic acid groups (broad SMARTS) is 1. The van der Waals surface area contributed by atoms with E-state index in [1.165, 1.54) is 16.9 Å². The normalized spacial score (nSPS) is 20.2. The number of benzene rings is 1. The topological polar surface area (TPSA) is 108 Å². The molecule has 0 fully saturated rings. The van der Waals surface area contributed by atoms with Crippen LogP contribution < -0.4 is 5.32 Å². The number of carboxylic acids is 1. The van der Waals surface area contributed by atoms with Gasteiger partial charge in [0, 0.05) is 17.2 Å². The van der Waals surface area contributed by atoms with Crippen molar-refractivity contribution in [2.24, 2.45) is 0 Å². The summed E-state index contributed by atoms with van der Waals surface area (Å²) in [6, 6.07) is 8.38. The van der Waals surface area contributed by atoms with Gasteiger partial charge in [0.05, 0.1) is 30.4 Å². The number of nitrogens with zero attached hydrogens (tertiary/aromatic N) is 3. The maximum atomic E-state index is 10.9. The van der Waals surface area contributed by atoms with E-state index in [9.17, 15) is 10.1 Å². The number of nitriles is 1. The van der Waals surface area contributed by atoms with Gasteiger partial charge in [0.2, 0.25) is 0 Å². The molecule has 2 aromatic rings. The zero-order valence-corrected chi connectivity index (χ0v) is 18.3. The second-order valence-electron chi connectivity index (χ2n) is 7.93. The largest absolute Gasteiger partial charge is 0.480 e. The third kappa shape index (κ3) is 4.59. The second-order valence-corrected chi connectivity index (χ2v) is 8.91. The van der Waals surface area contributed by atoms with E-state index in [-0.39, 0.29) is 24.8 Å². The van der Waals surface area contributed by atoms with Gasteiger partial charge >= 0.3 is 5.97 Å². The van der Waals surface area contributed by atoms with Crippen molar-refractivity contribution in [1.82, 2.24) is 15.5 Å². The third-order valence-electron chi connectivity index (χ3n) is 5.45. The average Bonchev–Trinajstić information content (AvgIpc) is 3.39. The molecule has 0 spiro atoms. The highest BCUT2D eigenvalue weighted by atomic mass is 32.1. The molecule has 1 heterocycles. The van der Waals surface area contributed by atoms with Crippen LogP contribution in [0.25, 0.3) is 16.1 Å². The van der Waals surface area contributed by atoms with Crippen molar-refractivity contribution in [1.29, 1.82) is 5.26 Å². The molecular formula is C23H24N4O3S. The standard InChI is InChI=1S/C23H24N4O3S/c1-13(2)30-20-9-6-14(10-15(20)11-24)22-26-27-23(31-22)18-5-3-4-17-16(18)7-8-19(17)25-12-21(28)29/h3-6,10,13,19-20,25H,7-9,12H2,1-2H3,(H,28,29)/t19-,20?/m1/s1. The van der Waals surface area contributed by atoms with Gasteiger partial charge in [-0.15, -0.1) is 10.2 Å². The van der Waals surface area contributed by atoms with Gasteiger partial charge in [-0.1, -0.05) is 35.6 Å². The lowest BCUT2D eigenvalue weighted by atomic mass is 9.97. The molecule has 0 radical (unpaired) electrons. The second kappa shape index (κ2) is 9.10. The van der Waals surface area contributed by atoms with E-state index in [0.717, 1.165) is 39.6 Å². The molecule has 2 N–H and O–H groups in total. The van der Waals surface area contributed by atoms with Crippen LogP contribution in [0.3, 0.4) is 0 Å². The fraction of sp³-hybridized carbons (Fsp3) is 0.391. The van der Waals surface area contributed by atoms with Crippen molar-refractivity contribution in [2.75, 3.05) is 6.54 Å². The maximum absolute atomic E-state index is 10.9. The molecule has 0 bridgehead atoms. The Morgan fingerprint density at radius 3 is 2.94 bits per heavy atom. The highest BCUT2D eigenvalue weighted by Gasteiger charge is 2.27. The van der Waals surface area contributed by atoms with Crippen molar-refractivity contribution in [3.05, 3.63) is 52.1 Å². The first-order valence-corrected chi connectivity index (χ1v) is 11.2. The number of hydrogen-bond donors (Lipinski definition) is 2. The van der Waals surface area contributed by atoms with Crippen LogP contribution in [0.5, 0.6) is 0 Å². The van der Waals surface area contributed by atoms with Gasteiger partial charge in [0.1, 0.15) is 10.0 Å². The lowest BCUT2D eigenvalue weighted by molar-refractivity contribution is -0.136. The molecule has 1 aromatic carbocycles. The van der Waals surface area contributed by atoms with Crippen LogP contribution in [0.15, 0.2) is 35.9 Å². The van der Waals surface area contributed by atoms with E-state index in [2.05, 4.69) is 27.7 Å². The number of allylic oxidation sites excluding steroid dienone is 2. The first kappa shape index (κ1) is 21.4. The zero-order valence-electron chi connectivity index (χ0n) is 17.5. The molecule has 1 aromatic heterocycles. The zero-order chi connectivity index (χ0) is 22.0. The SMILES string of the molecule is CC(C)OC1CC=C(c2nnc(-c3cccc4c3CC[C@H]4NCC(=O)O)s2)C=C1C#N. The summed E-state index contributed by atoms with van der Waals surface area (Å²) in [6.07, 6.45) is 6.11. The summed E-state index contributed by atoms with van der Waals surface area (Å²) >= 11 is 1.51. The summed E-state index contributed by atoms with van der Waals surface area (Å²) in [7, 11) is 0. The molecule has 0 aliphatic heterocycles. The molecule has 2 atom stereocenters. The van der Waals surface area contributed by atoms with Gasteiger partial charge in [-0.05, 0) is 50.3 Å². The lowest BCUT2D eigenvalue weighted by Crippen LogP contribution is -2.25. The Morgan fingerprint density at radius 1 is 1.39 bits per heavy atom. The molecule has 0 amide bonds. The molecule has 1 unspecified atom stereocenters. The summed E-state index contributed by atoms with van der Waals surface area (Å²) in [4.78, 5) is 10.9. The summed E-state index contributed by atoms with van der Waals surface area (Å²) in [6.45, 7) is 3.87. The van der Waals surface area contributed by atoms with E-state index in [1.807, 2.05) is 38.1 Å². The third-order valence-corrected chi connectivity index (χ3v) is 6.45. The molecule has 4 rings (SSSR count). The van der Waals surface area contributed by atoms with Crippen LogP contribution in [0, 0.1) is 11.3 Å².